The maximum absolute atomic E-state index is 12.8. The minimum Gasteiger partial charge on any atom is -0.388 e. The summed E-state index contributed by atoms with van der Waals surface area (Å²) >= 11 is 0. The van der Waals surface area contributed by atoms with Crippen molar-refractivity contribution in [2.24, 2.45) is 0 Å². The molecule has 1 unspecified atom stereocenters. The number of aliphatic hydroxyl groups is 1. The van der Waals surface area contributed by atoms with E-state index in [1.54, 1.807) is 12.2 Å². The first kappa shape index (κ1) is 8.38. The highest BCUT2D eigenvalue weighted by molar-refractivity contribution is 5.57. The van der Waals surface area contributed by atoms with Crippen LogP contribution in [-0.4, -0.2) is 5.11 Å². The molecule has 1 aromatic rings. The molecule has 0 radical (unpaired) electrons. The van der Waals surface area contributed by atoms with Crippen LogP contribution in [0.4, 0.5) is 8.78 Å². The van der Waals surface area contributed by atoms with Gasteiger partial charge in [0.05, 0.1) is 6.10 Å². The van der Waals surface area contributed by atoms with Gasteiger partial charge in [0.15, 0.2) is 11.6 Å². The molecule has 13 heavy (non-hydrogen) atoms. The molecule has 1 aliphatic carbocycles. The Bertz CT molecular complexity index is 371. The number of rotatable bonds is 0. The molecular weight excluding hydrogens is 174 g/mol. The molecule has 3 heteroatoms. The van der Waals surface area contributed by atoms with Gasteiger partial charge in [-0.2, -0.15) is 0 Å². The van der Waals surface area contributed by atoms with Gasteiger partial charge in [-0.15, -0.1) is 0 Å². The highest BCUT2D eigenvalue weighted by atomic mass is 19.2. The molecular formula is C10H8F2O. The summed E-state index contributed by atoms with van der Waals surface area (Å²) in [5.41, 5.74) is 1.01. The molecule has 0 bridgehead atoms. The molecule has 2 rings (SSSR count). The number of halogens is 2. The van der Waals surface area contributed by atoms with Gasteiger partial charge >= 0.3 is 0 Å². The quantitative estimate of drug-likeness (QED) is 0.653. The van der Waals surface area contributed by atoms with Gasteiger partial charge in [0, 0.05) is 0 Å². The molecule has 1 aliphatic rings. The van der Waals surface area contributed by atoms with Crippen LogP contribution in [0, 0.1) is 11.6 Å². The van der Waals surface area contributed by atoms with E-state index in [9.17, 15) is 13.9 Å². The van der Waals surface area contributed by atoms with E-state index in [1.165, 1.54) is 0 Å². The van der Waals surface area contributed by atoms with E-state index in [1.807, 2.05) is 0 Å². The van der Waals surface area contributed by atoms with Crippen LogP contribution in [0.1, 0.15) is 23.7 Å². The average molecular weight is 182 g/mol. The molecule has 1 N–H and O–H groups in total. The summed E-state index contributed by atoms with van der Waals surface area (Å²) in [5, 5.41) is 9.44. The number of hydrogen-bond donors (Lipinski definition) is 1. The van der Waals surface area contributed by atoms with Gasteiger partial charge in [-0.1, -0.05) is 12.2 Å². The molecule has 0 saturated heterocycles. The molecule has 0 fully saturated rings. The SMILES string of the molecule is OC1CC=Cc2cc(F)c(F)cc21. The minimum atomic E-state index is -0.909. The Balaban J connectivity index is 2.60. The van der Waals surface area contributed by atoms with Gasteiger partial charge in [-0.25, -0.2) is 8.78 Å². The Morgan fingerprint density at radius 1 is 1.23 bits per heavy atom. The summed E-state index contributed by atoms with van der Waals surface area (Å²) in [6, 6.07) is 2.16. The van der Waals surface area contributed by atoms with Crippen LogP contribution in [-0.2, 0) is 0 Å². The highest BCUT2D eigenvalue weighted by Gasteiger charge is 2.16. The van der Waals surface area contributed by atoms with Crippen molar-refractivity contribution < 1.29 is 13.9 Å². The molecule has 1 nitrogen and oxygen atoms in total. The Kier molecular flexibility index (Phi) is 1.88. The fraction of sp³-hybridized carbons (Fsp3) is 0.200. The summed E-state index contributed by atoms with van der Waals surface area (Å²) in [6.45, 7) is 0. The lowest BCUT2D eigenvalue weighted by molar-refractivity contribution is 0.179. The van der Waals surface area contributed by atoms with Crippen LogP contribution in [0.5, 0.6) is 0 Å². The zero-order valence-corrected chi connectivity index (χ0v) is 6.80. The van der Waals surface area contributed by atoms with E-state index >= 15 is 0 Å². The van der Waals surface area contributed by atoms with Crippen LogP contribution >= 0.6 is 0 Å². The van der Waals surface area contributed by atoms with Crippen molar-refractivity contribution in [3.63, 3.8) is 0 Å². The molecule has 0 spiro atoms. The summed E-state index contributed by atoms with van der Waals surface area (Å²) < 4.78 is 25.5. The molecule has 0 heterocycles. The fourth-order valence-electron chi connectivity index (χ4n) is 1.46. The van der Waals surface area contributed by atoms with Gasteiger partial charge in [-0.05, 0) is 29.7 Å². The molecule has 0 saturated carbocycles. The predicted octanol–water partition coefficient (Wildman–Crippen LogP) is 2.42. The van der Waals surface area contributed by atoms with Gasteiger partial charge < -0.3 is 5.11 Å². The predicted molar refractivity (Wildman–Crippen MR) is 45.0 cm³/mol. The highest BCUT2D eigenvalue weighted by Crippen LogP contribution is 2.29. The summed E-state index contributed by atoms with van der Waals surface area (Å²) in [7, 11) is 0. The zero-order valence-electron chi connectivity index (χ0n) is 6.80. The zero-order chi connectivity index (χ0) is 9.42. The first-order valence-electron chi connectivity index (χ1n) is 4.02. The third-order valence-electron chi connectivity index (χ3n) is 2.14. The van der Waals surface area contributed by atoms with E-state index in [4.69, 9.17) is 0 Å². The summed E-state index contributed by atoms with van der Waals surface area (Å²) in [5.74, 6) is -1.79. The van der Waals surface area contributed by atoms with Crippen molar-refractivity contribution in [3.8, 4) is 0 Å². The molecule has 0 aromatic heterocycles. The van der Waals surface area contributed by atoms with Crippen molar-refractivity contribution >= 4 is 6.08 Å². The number of aliphatic hydroxyl groups excluding tert-OH is 1. The van der Waals surface area contributed by atoms with E-state index in [-0.39, 0.29) is 0 Å². The summed E-state index contributed by atoms with van der Waals surface area (Å²) in [4.78, 5) is 0. The second kappa shape index (κ2) is 2.92. The van der Waals surface area contributed by atoms with Crippen molar-refractivity contribution in [1.82, 2.24) is 0 Å². The Hall–Kier alpha value is -1.22. The topological polar surface area (TPSA) is 20.2 Å². The van der Waals surface area contributed by atoms with Crippen molar-refractivity contribution in [3.05, 3.63) is 41.0 Å². The summed E-state index contributed by atoms with van der Waals surface area (Å²) in [6.07, 6.45) is 3.17. The van der Waals surface area contributed by atoms with Gasteiger partial charge in [0.25, 0.3) is 0 Å². The van der Waals surface area contributed by atoms with Crippen LogP contribution in [0.25, 0.3) is 6.08 Å². The third-order valence-corrected chi connectivity index (χ3v) is 2.14. The lowest BCUT2D eigenvalue weighted by Crippen LogP contribution is -2.04. The van der Waals surface area contributed by atoms with E-state index in [0.717, 1.165) is 12.1 Å². The van der Waals surface area contributed by atoms with Crippen molar-refractivity contribution in [1.29, 1.82) is 0 Å². The van der Waals surface area contributed by atoms with Gasteiger partial charge in [0.1, 0.15) is 0 Å². The van der Waals surface area contributed by atoms with Crippen LogP contribution in [0.2, 0.25) is 0 Å². The van der Waals surface area contributed by atoms with Crippen LogP contribution in [0.3, 0.4) is 0 Å². The largest absolute Gasteiger partial charge is 0.388 e. The Labute approximate surface area is 74.3 Å². The first-order chi connectivity index (χ1) is 6.18. The number of hydrogen-bond acceptors (Lipinski definition) is 1. The van der Waals surface area contributed by atoms with E-state index in [0.29, 0.717) is 17.5 Å². The van der Waals surface area contributed by atoms with Crippen molar-refractivity contribution in [2.75, 3.05) is 0 Å². The first-order valence-corrected chi connectivity index (χ1v) is 4.02. The Morgan fingerprint density at radius 3 is 2.69 bits per heavy atom. The third kappa shape index (κ3) is 1.35. The molecule has 1 atom stereocenters. The number of fused-ring (bicyclic) bond motifs is 1. The maximum Gasteiger partial charge on any atom is 0.159 e. The van der Waals surface area contributed by atoms with Gasteiger partial charge in [0.2, 0.25) is 0 Å². The van der Waals surface area contributed by atoms with Gasteiger partial charge in [-0.3, -0.25) is 0 Å². The van der Waals surface area contributed by atoms with Crippen LogP contribution in [0.15, 0.2) is 18.2 Å². The molecule has 68 valence electrons. The van der Waals surface area contributed by atoms with Crippen molar-refractivity contribution in [2.45, 2.75) is 12.5 Å². The van der Waals surface area contributed by atoms with E-state index in [2.05, 4.69) is 0 Å². The lowest BCUT2D eigenvalue weighted by atomic mass is 9.95. The second-order valence-electron chi connectivity index (χ2n) is 3.05. The normalized spacial score (nSPS) is 20.1. The molecule has 0 amide bonds. The molecule has 0 aliphatic heterocycles. The Morgan fingerprint density at radius 2 is 1.92 bits per heavy atom. The monoisotopic (exact) mass is 182 g/mol. The standard InChI is InChI=1S/C10H8F2O/c11-8-4-6-2-1-3-10(13)7(6)5-9(8)12/h1-2,4-5,10,13H,3H2. The maximum atomic E-state index is 12.8. The molecule has 1 aromatic carbocycles. The average Bonchev–Trinajstić information content (AvgIpc) is 2.09. The van der Waals surface area contributed by atoms with E-state index < -0.39 is 17.7 Å². The second-order valence-corrected chi connectivity index (χ2v) is 3.05. The fourth-order valence-corrected chi connectivity index (χ4v) is 1.46. The lowest BCUT2D eigenvalue weighted by Gasteiger charge is -2.16. The smallest absolute Gasteiger partial charge is 0.159 e. The van der Waals surface area contributed by atoms with Crippen LogP contribution < -0.4 is 0 Å². The number of benzene rings is 1. The minimum absolute atomic E-state index is 0.456.